The minimum Gasteiger partial charge on any atom is -0.369 e. The molecule has 3 heterocycles. The van der Waals surface area contributed by atoms with Gasteiger partial charge in [-0.25, -0.2) is 0 Å². The molecule has 1 aromatic heterocycles. The minimum absolute atomic E-state index is 0.0683. The number of nitrogens with zero attached hydrogens (tertiary/aromatic N) is 3. The van der Waals surface area contributed by atoms with Crippen molar-refractivity contribution in [3.63, 3.8) is 0 Å². The lowest BCUT2D eigenvalue weighted by Gasteiger charge is -2.32. The molecule has 2 saturated heterocycles. The standard InChI is InChI=1S/C17H28N4/c1-2-16(18)17-7-6-14(12-19-17)21-11-8-15(13-21)20-9-4-3-5-10-20/h6-7,12,15-16H,2-5,8-11,13,18H2,1H3. The second-order valence-electron chi connectivity index (χ2n) is 6.44. The Morgan fingerprint density at radius 3 is 2.71 bits per heavy atom. The molecular weight excluding hydrogens is 260 g/mol. The van der Waals surface area contributed by atoms with Crippen LogP contribution in [0.2, 0.25) is 0 Å². The molecule has 0 radical (unpaired) electrons. The van der Waals surface area contributed by atoms with Crippen LogP contribution >= 0.6 is 0 Å². The molecule has 21 heavy (non-hydrogen) atoms. The van der Waals surface area contributed by atoms with Crippen molar-refractivity contribution in [1.82, 2.24) is 9.88 Å². The molecule has 2 N–H and O–H groups in total. The van der Waals surface area contributed by atoms with Crippen LogP contribution in [-0.2, 0) is 0 Å². The molecular formula is C17H28N4. The maximum Gasteiger partial charge on any atom is 0.0572 e. The lowest BCUT2D eigenvalue weighted by Crippen LogP contribution is -2.40. The Morgan fingerprint density at radius 1 is 1.24 bits per heavy atom. The van der Waals surface area contributed by atoms with Crippen LogP contribution in [0.15, 0.2) is 18.3 Å². The van der Waals surface area contributed by atoms with Gasteiger partial charge in [0.25, 0.3) is 0 Å². The molecule has 116 valence electrons. The van der Waals surface area contributed by atoms with Crippen molar-refractivity contribution in [2.75, 3.05) is 31.1 Å². The lowest BCUT2D eigenvalue weighted by molar-refractivity contribution is 0.175. The van der Waals surface area contributed by atoms with Crippen LogP contribution in [0.5, 0.6) is 0 Å². The van der Waals surface area contributed by atoms with E-state index in [1.165, 1.54) is 44.5 Å². The Kier molecular flexibility index (Phi) is 4.76. The summed E-state index contributed by atoms with van der Waals surface area (Å²) in [5, 5.41) is 0. The summed E-state index contributed by atoms with van der Waals surface area (Å²) in [7, 11) is 0. The summed E-state index contributed by atoms with van der Waals surface area (Å²) in [6.45, 7) is 6.99. The SMILES string of the molecule is CCC(N)c1ccc(N2CCC(N3CCCCC3)C2)cn1. The predicted octanol–water partition coefficient (Wildman–Crippen LogP) is 2.56. The normalized spacial score (nSPS) is 25.2. The minimum atomic E-state index is 0.0683. The Hall–Kier alpha value is -1.13. The van der Waals surface area contributed by atoms with Crippen molar-refractivity contribution in [3.05, 3.63) is 24.0 Å². The number of likely N-dealkylation sites (tertiary alicyclic amines) is 1. The number of hydrogen-bond acceptors (Lipinski definition) is 4. The lowest BCUT2D eigenvalue weighted by atomic mass is 10.1. The number of nitrogens with two attached hydrogens (primary N) is 1. The molecule has 2 aliphatic heterocycles. The van der Waals surface area contributed by atoms with E-state index in [4.69, 9.17) is 5.73 Å². The maximum atomic E-state index is 6.03. The van der Waals surface area contributed by atoms with E-state index in [0.717, 1.165) is 31.2 Å². The van der Waals surface area contributed by atoms with Crippen molar-refractivity contribution >= 4 is 5.69 Å². The Morgan fingerprint density at radius 2 is 2.05 bits per heavy atom. The van der Waals surface area contributed by atoms with Gasteiger partial charge in [0, 0.05) is 25.2 Å². The highest BCUT2D eigenvalue weighted by Crippen LogP contribution is 2.25. The number of anilines is 1. The van der Waals surface area contributed by atoms with Crippen molar-refractivity contribution in [3.8, 4) is 0 Å². The third-order valence-corrected chi connectivity index (χ3v) is 5.03. The van der Waals surface area contributed by atoms with Gasteiger partial charge in [-0.1, -0.05) is 13.3 Å². The second kappa shape index (κ2) is 6.75. The van der Waals surface area contributed by atoms with Crippen LogP contribution in [0.3, 0.4) is 0 Å². The first-order valence-electron chi connectivity index (χ1n) is 8.48. The third-order valence-electron chi connectivity index (χ3n) is 5.03. The number of rotatable bonds is 4. The number of hydrogen-bond donors (Lipinski definition) is 1. The second-order valence-corrected chi connectivity index (χ2v) is 6.44. The van der Waals surface area contributed by atoms with Gasteiger partial charge in [0.05, 0.1) is 17.6 Å². The van der Waals surface area contributed by atoms with E-state index in [9.17, 15) is 0 Å². The fourth-order valence-electron chi connectivity index (χ4n) is 3.57. The summed E-state index contributed by atoms with van der Waals surface area (Å²) in [6, 6.07) is 5.09. The molecule has 1 aromatic rings. The van der Waals surface area contributed by atoms with Gasteiger partial charge < -0.3 is 10.6 Å². The van der Waals surface area contributed by atoms with Gasteiger partial charge in [-0.3, -0.25) is 9.88 Å². The maximum absolute atomic E-state index is 6.03. The number of aromatic nitrogens is 1. The summed E-state index contributed by atoms with van der Waals surface area (Å²) < 4.78 is 0. The molecule has 0 spiro atoms. The molecule has 0 bridgehead atoms. The first kappa shape index (κ1) is 14.8. The summed E-state index contributed by atoms with van der Waals surface area (Å²) >= 11 is 0. The van der Waals surface area contributed by atoms with Crippen molar-refractivity contribution in [2.24, 2.45) is 5.73 Å². The van der Waals surface area contributed by atoms with Crippen LogP contribution in [0, 0.1) is 0 Å². The zero-order chi connectivity index (χ0) is 14.7. The van der Waals surface area contributed by atoms with Gasteiger partial charge in [-0.15, -0.1) is 0 Å². The van der Waals surface area contributed by atoms with Crippen LogP contribution in [0.1, 0.15) is 50.8 Å². The third kappa shape index (κ3) is 3.38. The van der Waals surface area contributed by atoms with Gasteiger partial charge in [0.15, 0.2) is 0 Å². The molecule has 2 fully saturated rings. The summed E-state index contributed by atoms with van der Waals surface area (Å²) in [5.41, 5.74) is 8.29. The first-order valence-corrected chi connectivity index (χ1v) is 8.48. The fraction of sp³-hybridized carbons (Fsp3) is 0.706. The molecule has 0 aliphatic carbocycles. The van der Waals surface area contributed by atoms with Crippen molar-refractivity contribution < 1.29 is 0 Å². The van der Waals surface area contributed by atoms with E-state index < -0.39 is 0 Å². The van der Waals surface area contributed by atoms with E-state index in [0.29, 0.717) is 0 Å². The monoisotopic (exact) mass is 288 g/mol. The smallest absolute Gasteiger partial charge is 0.0572 e. The zero-order valence-corrected chi connectivity index (χ0v) is 13.2. The van der Waals surface area contributed by atoms with E-state index in [1.807, 2.05) is 6.20 Å². The van der Waals surface area contributed by atoms with Crippen LogP contribution < -0.4 is 10.6 Å². The summed E-state index contributed by atoms with van der Waals surface area (Å²) in [6.07, 6.45) is 8.39. The molecule has 0 aromatic carbocycles. The summed E-state index contributed by atoms with van der Waals surface area (Å²) in [5.74, 6) is 0. The van der Waals surface area contributed by atoms with E-state index >= 15 is 0 Å². The van der Waals surface area contributed by atoms with E-state index in [1.54, 1.807) is 0 Å². The highest BCUT2D eigenvalue weighted by molar-refractivity contribution is 5.46. The average Bonchev–Trinajstić information content (AvgIpc) is 3.05. The van der Waals surface area contributed by atoms with Crippen LogP contribution in [-0.4, -0.2) is 42.1 Å². The van der Waals surface area contributed by atoms with Crippen LogP contribution in [0.4, 0.5) is 5.69 Å². The molecule has 2 aliphatic rings. The molecule has 0 saturated carbocycles. The first-order chi connectivity index (χ1) is 10.3. The zero-order valence-electron chi connectivity index (χ0n) is 13.2. The number of pyridine rings is 1. The van der Waals surface area contributed by atoms with Gasteiger partial charge in [0.1, 0.15) is 0 Å². The molecule has 3 rings (SSSR count). The largest absolute Gasteiger partial charge is 0.369 e. The predicted molar refractivity (Wildman–Crippen MR) is 87.5 cm³/mol. The highest BCUT2D eigenvalue weighted by atomic mass is 15.3. The van der Waals surface area contributed by atoms with Crippen LogP contribution in [0.25, 0.3) is 0 Å². The Labute approximate surface area is 128 Å². The Bertz CT molecular complexity index is 439. The van der Waals surface area contributed by atoms with Gasteiger partial charge in [-0.05, 0) is 50.9 Å². The quantitative estimate of drug-likeness (QED) is 0.925. The topological polar surface area (TPSA) is 45.4 Å². The molecule has 4 heteroatoms. The van der Waals surface area contributed by atoms with Crippen molar-refractivity contribution in [1.29, 1.82) is 0 Å². The fourth-order valence-corrected chi connectivity index (χ4v) is 3.57. The molecule has 2 atom stereocenters. The van der Waals surface area contributed by atoms with Gasteiger partial charge in [0.2, 0.25) is 0 Å². The Balaban J connectivity index is 1.60. The molecule has 0 amide bonds. The molecule has 2 unspecified atom stereocenters. The van der Waals surface area contributed by atoms with Gasteiger partial charge in [-0.2, -0.15) is 0 Å². The highest BCUT2D eigenvalue weighted by Gasteiger charge is 2.28. The molecule has 4 nitrogen and oxygen atoms in total. The summed E-state index contributed by atoms with van der Waals surface area (Å²) in [4.78, 5) is 9.72. The average molecular weight is 288 g/mol. The van der Waals surface area contributed by atoms with Crippen molar-refractivity contribution in [2.45, 2.75) is 51.1 Å². The number of piperidine rings is 1. The van der Waals surface area contributed by atoms with Gasteiger partial charge >= 0.3 is 0 Å². The van der Waals surface area contributed by atoms with E-state index in [-0.39, 0.29) is 6.04 Å². The van der Waals surface area contributed by atoms with E-state index in [2.05, 4.69) is 33.8 Å².